The largest absolute Gasteiger partial charge is 0.299 e. The number of hydrogen-bond donors (Lipinski definition) is 3. The Hall–Kier alpha value is -0.370. The first kappa shape index (κ1) is 10.6. The highest BCUT2D eigenvalue weighted by Crippen LogP contribution is 1.95. The molecule has 0 unspecified atom stereocenters. The van der Waals surface area contributed by atoms with E-state index < -0.39 is 0 Å². The van der Waals surface area contributed by atoms with Crippen molar-refractivity contribution in [2.24, 2.45) is 5.84 Å². The lowest BCUT2D eigenvalue weighted by Gasteiger charge is -1.97. The van der Waals surface area contributed by atoms with E-state index in [-0.39, 0.29) is 11.8 Å². The van der Waals surface area contributed by atoms with Crippen molar-refractivity contribution in [3.05, 3.63) is 0 Å². The summed E-state index contributed by atoms with van der Waals surface area (Å²) >= 11 is 1.75. The van der Waals surface area contributed by atoms with E-state index in [0.29, 0.717) is 19.3 Å². The van der Waals surface area contributed by atoms with Crippen LogP contribution >= 0.6 is 22.9 Å². The summed E-state index contributed by atoms with van der Waals surface area (Å²) in [5, 5.41) is 0. The van der Waals surface area contributed by atoms with Gasteiger partial charge in [0.25, 0.3) is 0 Å². The standard InChI is InChI=1S/C5H10IN3O2/c6-8-4(10)2-1-3-5(11)9-7/h1-3,7H2,(H,8,10)(H,9,11). The van der Waals surface area contributed by atoms with Crippen LogP contribution in [0.25, 0.3) is 0 Å². The van der Waals surface area contributed by atoms with Gasteiger partial charge in [0.15, 0.2) is 0 Å². The molecule has 5 nitrogen and oxygen atoms in total. The molecule has 0 heterocycles. The SMILES string of the molecule is NNC(=O)CCCC(=O)NI. The molecule has 11 heavy (non-hydrogen) atoms. The maximum atomic E-state index is 10.6. The van der Waals surface area contributed by atoms with Crippen LogP contribution in [0.15, 0.2) is 0 Å². The number of amides is 2. The highest BCUT2D eigenvalue weighted by atomic mass is 127. The van der Waals surface area contributed by atoms with Crippen LogP contribution in [0.5, 0.6) is 0 Å². The number of hydrogen-bond acceptors (Lipinski definition) is 3. The van der Waals surface area contributed by atoms with Gasteiger partial charge in [0.1, 0.15) is 0 Å². The third kappa shape index (κ3) is 6.05. The van der Waals surface area contributed by atoms with Gasteiger partial charge in [0.05, 0.1) is 22.9 Å². The van der Waals surface area contributed by atoms with Crippen molar-refractivity contribution in [3.8, 4) is 0 Å². The highest BCUT2D eigenvalue weighted by Gasteiger charge is 2.01. The number of nitrogens with two attached hydrogens (primary N) is 1. The van der Waals surface area contributed by atoms with E-state index in [1.165, 1.54) is 0 Å². The molecule has 0 saturated heterocycles. The molecule has 0 aliphatic rings. The predicted octanol–water partition coefficient (Wildman–Crippen LogP) is -0.387. The lowest BCUT2D eigenvalue weighted by molar-refractivity contribution is -0.121. The Morgan fingerprint density at radius 1 is 1.27 bits per heavy atom. The molecule has 64 valence electrons. The highest BCUT2D eigenvalue weighted by molar-refractivity contribution is 14.1. The molecule has 0 aliphatic heterocycles. The molecule has 6 heteroatoms. The van der Waals surface area contributed by atoms with Gasteiger partial charge in [0.2, 0.25) is 11.8 Å². The molecule has 0 atom stereocenters. The van der Waals surface area contributed by atoms with Gasteiger partial charge < -0.3 is 0 Å². The second kappa shape index (κ2) is 6.35. The first-order chi connectivity index (χ1) is 5.20. The molecule has 0 aromatic rings. The van der Waals surface area contributed by atoms with Gasteiger partial charge >= 0.3 is 0 Å². The Balaban J connectivity index is 3.27. The molecule has 2 amide bonds. The Morgan fingerprint density at radius 3 is 2.27 bits per heavy atom. The second-order valence-corrected chi connectivity index (χ2v) is 2.48. The molecule has 0 fully saturated rings. The van der Waals surface area contributed by atoms with E-state index in [4.69, 9.17) is 5.84 Å². The summed E-state index contributed by atoms with van der Waals surface area (Å²) in [5.74, 6) is 4.50. The third-order valence-electron chi connectivity index (χ3n) is 1.07. The minimum absolute atomic E-state index is 0.0737. The van der Waals surface area contributed by atoms with Crippen molar-refractivity contribution in [3.63, 3.8) is 0 Å². The number of nitrogens with one attached hydrogen (secondary N) is 2. The van der Waals surface area contributed by atoms with Crippen LogP contribution < -0.4 is 14.8 Å². The number of rotatable bonds is 4. The quantitative estimate of drug-likeness (QED) is 0.214. The average Bonchev–Trinajstić information content (AvgIpc) is 2.04. The molecule has 0 aliphatic carbocycles. The van der Waals surface area contributed by atoms with E-state index in [1.807, 2.05) is 5.43 Å². The van der Waals surface area contributed by atoms with Crippen molar-refractivity contribution >= 4 is 34.7 Å². The molecule has 0 saturated carbocycles. The normalized spacial score (nSPS) is 8.91. The Bertz CT molecular complexity index is 135. The third-order valence-corrected chi connectivity index (χ3v) is 1.68. The first-order valence-electron chi connectivity index (χ1n) is 3.09. The summed E-state index contributed by atoms with van der Waals surface area (Å²) in [6, 6.07) is 0. The van der Waals surface area contributed by atoms with Crippen LogP contribution in [0.3, 0.4) is 0 Å². The van der Waals surface area contributed by atoms with E-state index in [1.54, 1.807) is 22.9 Å². The van der Waals surface area contributed by atoms with Crippen molar-refractivity contribution in [2.45, 2.75) is 19.3 Å². The fourth-order valence-electron chi connectivity index (χ4n) is 0.529. The lowest BCUT2D eigenvalue weighted by atomic mass is 10.2. The maximum Gasteiger partial charge on any atom is 0.233 e. The zero-order chi connectivity index (χ0) is 8.69. The molecular weight excluding hydrogens is 261 g/mol. The van der Waals surface area contributed by atoms with Crippen LogP contribution in [-0.4, -0.2) is 11.8 Å². The van der Waals surface area contributed by atoms with Crippen molar-refractivity contribution < 1.29 is 9.59 Å². The fourth-order valence-corrected chi connectivity index (χ4v) is 0.799. The van der Waals surface area contributed by atoms with Gasteiger partial charge in [-0.2, -0.15) is 0 Å². The summed E-state index contributed by atoms with van der Waals surface area (Å²) in [5.41, 5.74) is 1.98. The van der Waals surface area contributed by atoms with E-state index in [2.05, 4.69) is 3.53 Å². The minimum atomic E-state index is -0.244. The minimum Gasteiger partial charge on any atom is -0.299 e. The van der Waals surface area contributed by atoms with Gasteiger partial charge in [-0.1, -0.05) is 0 Å². The number of hydrazine groups is 1. The van der Waals surface area contributed by atoms with Gasteiger partial charge in [-0.05, 0) is 6.42 Å². The van der Waals surface area contributed by atoms with Crippen LogP contribution in [0.2, 0.25) is 0 Å². The van der Waals surface area contributed by atoms with Crippen molar-refractivity contribution in [1.82, 2.24) is 8.96 Å². The van der Waals surface area contributed by atoms with Crippen molar-refractivity contribution in [1.29, 1.82) is 0 Å². The molecule has 4 N–H and O–H groups in total. The zero-order valence-electron chi connectivity index (χ0n) is 5.89. The maximum absolute atomic E-state index is 10.6. The molecular formula is C5H10IN3O2. The van der Waals surface area contributed by atoms with Crippen LogP contribution in [0.1, 0.15) is 19.3 Å². The van der Waals surface area contributed by atoms with E-state index in [0.717, 1.165) is 0 Å². The van der Waals surface area contributed by atoms with Gasteiger partial charge in [-0.3, -0.25) is 18.5 Å². The Kier molecular flexibility index (Phi) is 6.13. The van der Waals surface area contributed by atoms with Crippen LogP contribution in [-0.2, 0) is 9.59 Å². The molecule has 0 aromatic carbocycles. The second-order valence-electron chi connectivity index (χ2n) is 1.94. The van der Waals surface area contributed by atoms with Gasteiger partial charge in [-0.25, -0.2) is 5.84 Å². The average molecular weight is 271 g/mol. The van der Waals surface area contributed by atoms with Crippen LogP contribution in [0.4, 0.5) is 0 Å². The Labute approximate surface area is 78.6 Å². The summed E-state index contributed by atoms with van der Waals surface area (Å²) in [6.45, 7) is 0. The summed E-state index contributed by atoms with van der Waals surface area (Å²) in [6.07, 6.45) is 1.18. The number of carbonyl (C=O) groups excluding carboxylic acids is 2. The summed E-state index contributed by atoms with van der Waals surface area (Å²) in [4.78, 5) is 21.1. The van der Waals surface area contributed by atoms with E-state index in [9.17, 15) is 9.59 Å². The van der Waals surface area contributed by atoms with Gasteiger partial charge in [0, 0.05) is 12.8 Å². The smallest absolute Gasteiger partial charge is 0.233 e. The molecule has 0 rings (SSSR count). The van der Waals surface area contributed by atoms with Gasteiger partial charge in [-0.15, -0.1) is 0 Å². The fraction of sp³-hybridized carbons (Fsp3) is 0.600. The molecule has 0 spiro atoms. The summed E-state index contributed by atoms with van der Waals surface area (Å²) < 4.78 is 2.42. The molecule has 0 radical (unpaired) electrons. The lowest BCUT2D eigenvalue weighted by Crippen LogP contribution is -2.29. The molecule has 0 aromatic heterocycles. The number of halogens is 1. The number of carbonyl (C=O) groups is 2. The van der Waals surface area contributed by atoms with Crippen molar-refractivity contribution in [2.75, 3.05) is 0 Å². The Morgan fingerprint density at radius 2 is 1.82 bits per heavy atom. The van der Waals surface area contributed by atoms with E-state index >= 15 is 0 Å². The monoisotopic (exact) mass is 271 g/mol. The van der Waals surface area contributed by atoms with Crippen LogP contribution in [0, 0.1) is 0 Å². The summed E-state index contributed by atoms with van der Waals surface area (Å²) in [7, 11) is 0. The first-order valence-corrected chi connectivity index (χ1v) is 4.17. The molecule has 0 bridgehead atoms. The predicted molar refractivity (Wildman–Crippen MR) is 48.3 cm³/mol. The zero-order valence-corrected chi connectivity index (χ0v) is 8.05. The topological polar surface area (TPSA) is 84.2 Å².